The van der Waals surface area contributed by atoms with Gasteiger partial charge < -0.3 is 11.1 Å². The first-order valence-corrected chi connectivity index (χ1v) is 9.78. The number of amides is 1. The van der Waals surface area contributed by atoms with Crippen LogP contribution in [0.2, 0.25) is 0 Å². The number of fused-ring (bicyclic) bond motifs is 1. The first-order valence-electron chi connectivity index (χ1n) is 8.34. The summed E-state index contributed by atoms with van der Waals surface area (Å²) >= 11 is 0. The molecule has 25 heavy (non-hydrogen) atoms. The monoisotopic (exact) mass is 362 g/mol. The van der Waals surface area contributed by atoms with Crippen molar-refractivity contribution in [3.05, 3.63) is 36.7 Å². The third-order valence-corrected chi connectivity index (χ3v) is 6.38. The highest BCUT2D eigenvalue weighted by molar-refractivity contribution is 7.89. The Bertz CT molecular complexity index is 864. The average Bonchev–Trinajstić information content (AvgIpc) is 2.65. The molecule has 2 aromatic rings. The number of nitrogens with zero attached hydrogens (tertiary/aromatic N) is 2. The van der Waals surface area contributed by atoms with Gasteiger partial charge in [0.1, 0.15) is 0 Å². The number of sulfonamides is 1. The fraction of sp³-hybridized carbons (Fsp3) is 0.412. The Morgan fingerprint density at radius 2 is 2.20 bits per heavy atom. The Balaban J connectivity index is 1.87. The van der Waals surface area contributed by atoms with E-state index in [4.69, 9.17) is 5.73 Å². The zero-order valence-electron chi connectivity index (χ0n) is 13.9. The van der Waals surface area contributed by atoms with Crippen LogP contribution < -0.4 is 11.1 Å². The molecule has 1 aromatic carbocycles. The van der Waals surface area contributed by atoms with Gasteiger partial charge in [0.05, 0.1) is 10.8 Å². The quantitative estimate of drug-likeness (QED) is 0.815. The van der Waals surface area contributed by atoms with Gasteiger partial charge in [0.15, 0.2) is 0 Å². The highest BCUT2D eigenvalue weighted by Crippen LogP contribution is 2.28. The first kappa shape index (κ1) is 17.8. The van der Waals surface area contributed by atoms with E-state index in [-0.39, 0.29) is 23.3 Å². The Kier molecular flexibility index (Phi) is 5.31. The van der Waals surface area contributed by atoms with E-state index >= 15 is 0 Å². The molecule has 0 spiro atoms. The van der Waals surface area contributed by atoms with Gasteiger partial charge in [-0.3, -0.25) is 9.78 Å². The fourth-order valence-electron chi connectivity index (χ4n) is 3.17. The van der Waals surface area contributed by atoms with E-state index in [0.29, 0.717) is 37.9 Å². The number of hydrogen-bond acceptors (Lipinski definition) is 5. The zero-order chi connectivity index (χ0) is 17.9. The molecule has 1 aliphatic rings. The van der Waals surface area contributed by atoms with Crippen molar-refractivity contribution < 1.29 is 13.2 Å². The molecule has 1 atom stereocenters. The Morgan fingerprint density at radius 3 is 3.00 bits per heavy atom. The number of carbonyl (C=O) groups is 1. The number of nitrogens with one attached hydrogen (secondary N) is 1. The minimum Gasteiger partial charge on any atom is -0.355 e. The minimum absolute atomic E-state index is 0.132. The summed E-state index contributed by atoms with van der Waals surface area (Å²) in [5.41, 5.74) is 5.41. The molecule has 0 aliphatic carbocycles. The van der Waals surface area contributed by atoms with Gasteiger partial charge in [-0.25, -0.2) is 8.42 Å². The molecule has 1 unspecified atom stereocenters. The topological polar surface area (TPSA) is 105 Å². The van der Waals surface area contributed by atoms with Gasteiger partial charge in [0, 0.05) is 49.3 Å². The molecule has 1 fully saturated rings. The molecule has 0 radical (unpaired) electrons. The normalized spacial score (nSPS) is 19.0. The highest BCUT2D eigenvalue weighted by atomic mass is 32.2. The molecule has 3 N–H and O–H groups in total. The van der Waals surface area contributed by atoms with E-state index in [1.807, 2.05) is 6.07 Å². The lowest BCUT2D eigenvalue weighted by atomic mass is 9.99. The number of piperidine rings is 1. The number of carbonyl (C=O) groups excluding carboxylic acids is 1. The molecule has 134 valence electrons. The summed E-state index contributed by atoms with van der Waals surface area (Å²) in [6, 6.07) is 6.86. The van der Waals surface area contributed by atoms with E-state index in [9.17, 15) is 13.2 Å². The minimum atomic E-state index is -3.67. The summed E-state index contributed by atoms with van der Waals surface area (Å²) in [6.07, 6.45) is 4.57. The van der Waals surface area contributed by atoms with Crippen LogP contribution >= 0.6 is 0 Å². The van der Waals surface area contributed by atoms with Crippen LogP contribution in [-0.2, 0) is 14.8 Å². The molecule has 2 heterocycles. The Hall–Kier alpha value is -2.03. The molecule has 3 rings (SSSR count). The number of benzene rings is 1. The fourth-order valence-corrected chi connectivity index (χ4v) is 4.91. The zero-order valence-corrected chi connectivity index (χ0v) is 14.7. The molecular formula is C17H22N4O3S. The summed E-state index contributed by atoms with van der Waals surface area (Å²) in [5, 5.41) is 4.17. The molecule has 1 aromatic heterocycles. The smallest absolute Gasteiger partial charge is 0.243 e. The highest BCUT2D eigenvalue weighted by Gasteiger charge is 2.33. The molecule has 1 aliphatic heterocycles. The third kappa shape index (κ3) is 3.65. The second-order valence-electron chi connectivity index (χ2n) is 6.13. The van der Waals surface area contributed by atoms with Gasteiger partial charge in [-0.2, -0.15) is 4.31 Å². The van der Waals surface area contributed by atoms with Crippen molar-refractivity contribution in [1.82, 2.24) is 14.6 Å². The summed E-state index contributed by atoms with van der Waals surface area (Å²) in [6.45, 7) is 1.38. The summed E-state index contributed by atoms with van der Waals surface area (Å²) in [7, 11) is -3.67. The van der Waals surface area contributed by atoms with Gasteiger partial charge in [-0.15, -0.1) is 0 Å². The predicted molar refractivity (Wildman–Crippen MR) is 95.3 cm³/mol. The second-order valence-corrected chi connectivity index (χ2v) is 8.04. The van der Waals surface area contributed by atoms with Crippen LogP contribution in [0.25, 0.3) is 10.8 Å². The van der Waals surface area contributed by atoms with Crippen molar-refractivity contribution in [2.45, 2.75) is 17.7 Å². The molecular weight excluding hydrogens is 340 g/mol. The van der Waals surface area contributed by atoms with Crippen LogP contribution in [0.5, 0.6) is 0 Å². The number of pyridine rings is 1. The molecule has 0 saturated carbocycles. The summed E-state index contributed by atoms with van der Waals surface area (Å²) in [5.74, 6) is -0.473. The lowest BCUT2D eigenvalue weighted by Gasteiger charge is -2.31. The van der Waals surface area contributed by atoms with Crippen LogP contribution in [0, 0.1) is 5.92 Å². The molecule has 1 amide bonds. The molecule has 7 nitrogen and oxygen atoms in total. The third-order valence-electron chi connectivity index (χ3n) is 4.46. The van der Waals surface area contributed by atoms with Gasteiger partial charge in [0.2, 0.25) is 15.9 Å². The first-order chi connectivity index (χ1) is 12.0. The van der Waals surface area contributed by atoms with Crippen molar-refractivity contribution in [3.8, 4) is 0 Å². The van der Waals surface area contributed by atoms with E-state index < -0.39 is 10.0 Å². The van der Waals surface area contributed by atoms with Crippen molar-refractivity contribution in [2.24, 2.45) is 11.7 Å². The molecule has 1 saturated heterocycles. The maximum absolute atomic E-state index is 13.1. The maximum atomic E-state index is 13.1. The van der Waals surface area contributed by atoms with E-state index in [1.165, 1.54) is 4.31 Å². The lowest BCUT2D eigenvalue weighted by Crippen LogP contribution is -2.46. The maximum Gasteiger partial charge on any atom is 0.243 e. The lowest BCUT2D eigenvalue weighted by molar-refractivity contribution is -0.126. The van der Waals surface area contributed by atoms with Gasteiger partial charge in [0.25, 0.3) is 0 Å². The van der Waals surface area contributed by atoms with Crippen LogP contribution in [0.15, 0.2) is 41.6 Å². The number of rotatable bonds is 5. The van der Waals surface area contributed by atoms with Crippen molar-refractivity contribution in [3.63, 3.8) is 0 Å². The molecule has 0 bridgehead atoms. The number of nitrogens with two attached hydrogens (primary N) is 1. The Morgan fingerprint density at radius 1 is 1.36 bits per heavy atom. The van der Waals surface area contributed by atoms with Gasteiger partial charge >= 0.3 is 0 Å². The van der Waals surface area contributed by atoms with Crippen LogP contribution in [0.1, 0.15) is 12.8 Å². The summed E-state index contributed by atoms with van der Waals surface area (Å²) in [4.78, 5) is 16.5. The largest absolute Gasteiger partial charge is 0.355 e. The van der Waals surface area contributed by atoms with E-state index in [2.05, 4.69) is 10.3 Å². The van der Waals surface area contributed by atoms with Crippen LogP contribution in [-0.4, -0.2) is 49.8 Å². The van der Waals surface area contributed by atoms with Gasteiger partial charge in [-0.1, -0.05) is 12.1 Å². The average molecular weight is 362 g/mol. The number of aromatic nitrogens is 1. The second kappa shape index (κ2) is 7.47. The van der Waals surface area contributed by atoms with E-state index in [0.717, 1.165) is 5.39 Å². The van der Waals surface area contributed by atoms with Crippen molar-refractivity contribution in [1.29, 1.82) is 0 Å². The van der Waals surface area contributed by atoms with Crippen LogP contribution in [0.3, 0.4) is 0 Å². The van der Waals surface area contributed by atoms with E-state index in [1.54, 1.807) is 30.6 Å². The van der Waals surface area contributed by atoms with Gasteiger partial charge in [-0.05, 0) is 25.0 Å². The predicted octanol–water partition coefficient (Wildman–Crippen LogP) is 0.710. The van der Waals surface area contributed by atoms with Crippen molar-refractivity contribution in [2.75, 3.05) is 26.2 Å². The molecule has 8 heteroatoms. The number of hydrogen-bond donors (Lipinski definition) is 2. The Labute approximate surface area is 147 Å². The SMILES string of the molecule is NCCNC(=O)C1CCCN(S(=O)(=O)c2cccc3cnccc23)C1. The van der Waals surface area contributed by atoms with Crippen LogP contribution in [0.4, 0.5) is 0 Å². The summed E-state index contributed by atoms with van der Waals surface area (Å²) < 4.78 is 27.7. The van der Waals surface area contributed by atoms with Crippen molar-refractivity contribution >= 4 is 26.7 Å². The standard InChI is InChI=1S/C17H22N4O3S/c18-7-9-20-17(22)14-4-2-10-21(12-14)25(23,24)16-5-1-3-13-11-19-8-6-15(13)16/h1,3,5-6,8,11,14H,2,4,7,9-10,12,18H2,(H,20,22).